The number of nitrogens with one attached hydrogen (secondary N) is 3. The zero-order valence-electron chi connectivity index (χ0n) is 16.1. The van der Waals surface area contributed by atoms with Crippen molar-refractivity contribution in [3.63, 3.8) is 0 Å². The van der Waals surface area contributed by atoms with E-state index in [-0.39, 0.29) is 12.5 Å². The minimum absolute atomic E-state index is 0.00387. The van der Waals surface area contributed by atoms with E-state index in [0.717, 1.165) is 0 Å². The van der Waals surface area contributed by atoms with Crippen molar-refractivity contribution in [2.45, 2.75) is 45.2 Å². The molecule has 1 amide bonds. The maximum atomic E-state index is 11.6. The molecule has 0 fully saturated rings. The van der Waals surface area contributed by atoms with Crippen LogP contribution in [0.3, 0.4) is 0 Å². The van der Waals surface area contributed by atoms with Crippen molar-refractivity contribution in [2.24, 2.45) is 0 Å². The number of hydrogen-bond donors (Lipinski definition) is 3. The van der Waals surface area contributed by atoms with Crippen molar-refractivity contribution in [2.75, 3.05) is 27.7 Å². The molecule has 0 heterocycles. The van der Waals surface area contributed by atoms with E-state index < -0.39 is 12.0 Å². The Hall–Kier alpha value is -1.92. The summed E-state index contributed by atoms with van der Waals surface area (Å²) < 4.78 is 5.04. The van der Waals surface area contributed by atoms with Gasteiger partial charge >= 0.3 is 5.97 Å². The van der Waals surface area contributed by atoms with E-state index in [9.17, 15) is 9.59 Å². The van der Waals surface area contributed by atoms with Gasteiger partial charge in [0.05, 0.1) is 5.56 Å². The summed E-state index contributed by atoms with van der Waals surface area (Å²) in [6, 6.07) is 8.82. The van der Waals surface area contributed by atoms with Gasteiger partial charge in [0, 0.05) is 13.1 Å². The van der Waals surface area contributed by atoms with Crippen LogP contribution >= 0.6 is 0 Å². The summed E-state index contributed by atoms with van der Waals surface area (Å²) in [6.45, 7) is 4.45. The highest BCUT2D eigenvalue weighted by molar-refractivity contribution is 5.89. The van der Waals surface area contributed by atoms with Crippen LogP contribution in [0.4, 0.5) is 0 Å². The molecule has 0 aliphatic carbocycles. The Kier molecular flexibility index (Phi) is 13.3. The standard InChI is InChI=1S/C12H16N2O3.C7H17N/c1-13-10(11(15)14-2)8-17-12(16)9-6-4-3-5-7-9;1-4-5-6-7(2)8-3/h3-7,10,13H,8H2,1-2H3,(H,14,15);7-8H,4-6H2,1-3H3. The lowest BCUT2D eigenvalue weighted by Gasteiger charge is -2.14. The van der Waals surface area contributed by atoms with Gasteiger partial charge in [0.1, 0.15) is 12.6 Å². The van der Waals surface area contributed by atoms with Crippen LogP contribution in [-0.4, -0.2) is 51.7 Å². The molecule has 1 rings (SSSR count). The molecule has 2 atom stereocenters. The van der Waals surface area contributed by atoms with Gasteiger partial charge in [-0.25, -0.2) is 4.79 Å². The first-order valence-electron chi connectivity index (χ1n) is 8.78. The molecule has 0 aliphatic rings. The van der Waals surface area contributed by atoms with Gasteiger partial charge in [-0.2, -0.15) is 0 Å². The first kappa shape index (κ1) is 23.1. The SMILES string of the molecule is CCCCC(C)NC.CNC(=O)C(COC(=O)c1ccccc1)NC. The fraction of sp³-hybridized carbons (Fsp3) is 0.579. The fourth-order valence-electron chi connectivity index (χ4n) is 1.94. The number of amides is 1. The Labute approximate surface area is 151 Å². The summed E-state index contributed by atoms with van der Waals surface area (Å²) in [5.41, 5.74) is 0.472. The molecule has 1 aromatic rings. The van der Waals surface area contributed by atoms with Crippen LogP contribution in [0, 0.1) is 0 Å². The third-order valence-electron chi connectivity index (χ3n) is 3.79. The third kappa shape index (κ3) is 10.5. The van der Waals surface area contributed by atoms with Crippen molar-refractivity contribution in [3.05, 3.63) is 35.9 Å². The van der Waals surface area contributed by atoms with Crippen molar-refractivity contribution in [3.8, 4) is 0 Å². The van der Waals surface area contributed by atoms with Crippen LogP contribution < -0.4 is 16.0 Å². The zero-order chi connectivity index (χ0) is 19.1. The summed E-state index contributed by atoms with van der Waals surface area (Å²) in [6.07, 6.45) is 3.97. The third-order valence-corrected chi connectivity index (χ3v) is 3.79. The van der Waals surface area contributed by atoms with Crippen LogP contribution in [0.1, 0.15) is 43.5 Å². The predicted octanol–water partition coefficient (Wildman–Crippen LogP) is 1.96. The van der Waals surface area contributed by atoms with E-state index in [1.807, 2.05) is 13.1 Å². The van der Waals surface area contributed by atoms with Gasteiger partial charge in [-0.3, -0.25) is 4.79 Å². The number of hydrogen-bond acceptors (Lipinski definition) is 5. The molecular weight excluding hydrogens is 318 g/mol. The number of benzene rings is 1. The predicted molar refractivity (Wildman–Crippen MR) is 102 cm³/mol. The zero-order valence-corrected chi connectivity index (χ0v) is 16.1. The lowest BCUT2D eigenvalue weighted by atomic mass is 10.1. The molecular formula is C19H33N3O3. The van der Waals surface area contributed by atoms with Gasteiger partial charge in [-0.05, 0) is 39.6 Å². The highest BCUT2D eigenvalue weighted by Crippen LogP contribution is 2.01. The molecule has 2 unspecified atom stereocenters. The molecule has 1 aromatic carbocycles. The highest BCUT2D eigenvalue weighted by atomic mass is 16.5. The van der Waals surface area contributed by atoms with E-state index in [1.165, 1.54) is 26.3 Å². The number of carbonyl (C=O) groups excluding carboxylic acids is 2. The summed E-state index contributed by atoms with van der Waals surface area (Å²) in [4.78, 5) is 22.9. The molecule has 142 valence electrons. The van der Waals surface area contributed by atoms with E-state index >= 15 is 0 Å². The molecule has 25 heavy (non-hydrogen) atoms. The topological polar surface area (TPSA) is 79.5 Å². The Morgan fingerprint density at radius 3 is 2.20 bits per heavy atom. The molecule has 0 radical (unpaired) electrons. The first-order chi connectivity index (χ1) is 12.0. The largest absolute Gasteiger partial charge is 0.460 e. The quantitative estimate of drug-likeness (QED) is 0.593. The minimum atomic E-state index is -0.535. The van der Waals surface area contributed by atoms with Gasteiger partial charge in [0.25, 0.3) is 0 Å². The van der Waals surface area contributed by atoms with Crippen molar-refractivity contribution in [1.82, 2.24) is 16.0 Å². The second kappa shape index (κ2) is 14.4. The van der Waals surface area contributed by atoms with Crippen LogP contribution in [0.15, 0.2) is 30.3 Å². The Morgan fingerprint density at radius 1 is 1.08 bits per heavy atom. The molecule has 0 bridgehead atoms. The molecule has 0 aliphatic heterocycles. The second-order valence-electron chi connectivity index (χ2n) is 5.75. The fourth-order valence-corrected chi connectivity index (χ4v) is 1.94. The average molecular weight is 351 g/mol. The van der Waals surface area contributed by atoms with Crippen molar-refractivity contribution < 1.29 is 14.3 Å². The molecule has 3 N–H and O–H groups in total. The van der Waals surface area contributed by atoms with E-state index in [2.05, 4.69) is 29.8 Å². The summed E-state index contributed by atoms with van der Waals surface area (Å²) in [5.74, 6) is -0.650. The molecule has 0 saturated heterocycles. The van der Waals surface area contributed by atoms with Crippen LogP contribution in [-0.2, 0) is 9.53 Å². The van der Waals surface area contributed by atoms with Crippen LogP contribution in [0.2, 0.25) is 0 Å². The molecule has 6 heteroatoms. The average Bonchev–Trinajstić information content (AvgIpc) is 2.67. The highest BCUT2D eigenvalue weighted by Gasteiger charge is 2.17. The van der Waals surface area contributed by atoms with Crippen LogP contribution in [0.5, 0.6) is 0 Å². The number of esters is 1. The monoisotopic (exact) mass is 351 g/mol. The lowest BCUT2D eigenvalue weighted by molar-refractivity contribution is -0.123. The molecule has 0 spiro atoms. The molecule has 0 aromatic heterocycles. The van der Waals surface area contributed by atoms with Gasteiger partial charge in [0.2, 0.25) is 5.91 Å². The summed E-state index contributed by atoms with van der Waals surface area (Å²) >= 11 is 0. The van der Waals surface area contributed by atoms with Crippen molar-refractivity contribution in [1.29, 1.82) is 0 Å². The lowest BCUT2D eigenvalue weighted by Crippen LogP contribution is -2.44. The maximum Gasteiger partial charge on any atom is 0.338 e. The summed E-state index contributed by atoms with van der Waals surface area (Å²) in [7, 11) is 5.18. The Morgan fingerprint density at radius 2 is 1.72 bits per heavy atom. The second-order valence-corrected chi connectivity index (χ2v) is 5.75. The minimum Gasteiger partial charge on any atom is -0.460 e. The number of rotatable bonds is 9. The number of unbranched alkanes of at least 4 members (excludes halogenated alkanes) is 1. The van der Waals surface area contributed by atoms with Crippen molar-refractivity contribution >= 4 is 11.9 Å². The van der Waals surface area contributed by atoms with E-state index in [0.29, 0.717) is 11.6 Å². The number of likely N-dealkylation sites (N-methyl/N-ethyl adjacent to an activating group) is 2. The smallest absolute Gasteiger partial charge is 0.338 e. The number of carbonyl (C=O) groups is 2. The van der Waals surface area contributed by atoms with Gasteiger partial charge in [0.15, 0.2) is 0 Å². The maximum absolute atomic E-state index is 11.6. The van der Waals surface area contributed by atoms with Gasteiger partial charge in [-0.15, -0.1) is 0 Å². The normalized spacial score (nSPS) is 12.4. The molecule has 6 nitrogen and oxygen atoms in total. The van der Waals surface area contributed by atoms with Gasteiger partial charge < -0.3 is 20.7 Å². The molecule has 0 saturated carbocycles. The van der Waals surface area contributed by atoms with E-state index in [1.54, 1.807) is 31.3 Å². The number of ether oxygens (including phenoxy) is 1. The Balaban J connectivity index is 0.000000609. The Bertz CT molecular complexity index is 480. The van der Waals surface area contributed by atoms with E-state index in [4.69, 9.17) is 4.74 Å². The summed E-state index contributed by atoms with van der Waals surface area (Å²) in [5, 5.41) is 8.46. The first-order valence-corrected chi connectivity index (χ1v) is 8.78. The van der Waals surface area contributed by atoms with Crippen LogP contribution in [0.25, 0.3) is 0 Å². The van der Waals surface area contributed by atoms with Gasteiger partial charge in [-0.1, -0.05) is 38.0 Å².